The Morgan fingerprint density at radius 3 is 2.38 bits per heavy atom. The average molecular weight is 409 g/mol. The molecule has 1 heterocycles. The number of hydrogen-bond acceptors (Lipinski definition) is 5. The maximum Gasteiger partial charge on any atom is 0.426 e. The van der Waals surface area contributed by atoms with Crippen molar-refractivity contribution in [2.24, 2.45) is 0 Å². The minimum Gasteiger partial charge on any atom is -0.373 e. The molecule has 0 aliphatic heterocycles. The second kappa shape index (κ2) is 6.86. The molecule has 1 aromatic heterocycles. The van der Waals surface area contributed by atoms with Gasteiger partial charge >= 0.3 is 6.18 Å². The number of anilines is 1. The Labute approximate surface area is 151 Å². The molecule has 0 aliphatic carbocycles. The first kappa shape index (κ1) is 20.1. The van der Waals surface area contributed by atoms with Gasteiger partial charge in [-0.2, -0.15) is 13.2 Å². The van der Waals surface area contributed by atoms with E-state index in [1.807, 2.05) is 5.32 Å². The zero-order valence-corrected chi connectivity index (χ0v) is 14.7. The van der Waals surface area contributed by atoms with Crippen LogP contribution in [0.15, 0.2) is 52.5 Å². The number of rotatable bonds is 4. The van der Waals surface area contributed by atoms with Gasteiger partial charge < -0.3 is 10.4 Å². The van der Waals surface area contributed by atoms with Gasteiger partial charge in [-0.3, -0.25) is 4.79 Å². The number of pyridine rings is 1. The van der Waals surface area contributed by atoms with Crippen LogP contribution < -0.4 is 5.32 Å². The Kier molecular flexibility index (Phi) is 5.31. The monoisotopic (exact) mass is 408 g/mol. The largest absolute Gasteiger partial charge is 0.426 e. The van der Waals surface area contributed by atoms with Crippen molar-refractivity contribution in [1.29, 1.82) is 0 Å². The lowest BCUT2D eigenvalue weighted by Crippen LogP contribution is -2.52. The maximum atomic E-state index is 12.7. The molecule has 0 spiro atoms. The van der Waals surface area contributed by atoms with Crippen LogP contribution in [0.1, 0.15) is 6.92 Å². The summed E-state index contributed by atoms with van der Waals surface area (Å²) in [7, 11) is -4.00. The number of alkyl halides is 3. The van der Waals surface area contributed by atoms with Gasteiger partial charge in [0.2, 0.25) is 15.4 Å². The number of carbonyl (C=O) groups excluding carboxylic acids is 1. The Morgan fingerprint density at radius 2 is 1.88 bits per heavy atom. The van der Waals surface area contributed by atoms with Crippen molar-refractivity contribution >= 4 is 33.0 Å². The minimum atomic E-state index is -5.20. The Morgan fingerprint density at radius 1 is 1.23 bits per heavy atom. The molecular formula is C15H12ClF3N2O4S. The van der Waals surface area contributed by atoms with Crippen molar-refractivity contribution in [3.05, 3.63) is 47.6 Å². The maximum absolute atomic E-state index is 12.7. The molecule has 26 heavy (non-hydrogen) atoms. The predicted molar refractivity (Wildman–Crippen MR) is 86.4 cm³/mol. The summed E-state index contributed by atoms with van der Waals surface area (Å²) >= 11 is 5.87. The summed E-state index contributed by atoms with van der Waals surface area (Å²) in [5.41, 5.74) is -3.93. The highest BCUT2D eigenvalue weighted by molar-refractivity contribution is 7.91. The zero-order chi connectivity index (χ0) is 19.8. The highest BCUT2D eigenvalue weighted by Crippen LogP contribution is 2.33. The van der Waals surface area contributed by atoms with E-state index in [-0.39, 0.29) is 27.6 Å². The molecule has 0 unspecified atom stereocenters. The fraction of sp³-hybridized carbons (Fsp3) is 0.200. The molecule has 11 heteroatoms. The first-order chi connectivity index (χ1) is 11.9. The van der Waals surface area contributed by atoms with Crippen molar-refractivity contribution in [3.63, 3.8) is 0 Å². The van der Waals surface area contributed by atoms with E-state index in [2.05, 4.69) is 4.98 Å². The van der Waals surface area contributed by atoms with Crippen molar-refractivity contribution in [2.75, 3.05) is 5.32 Å². The lowest BCUT2D eigenvalue weighted by Gasteiger charge is -2.25. The third-order valence-electron chi connectivity index (χ3n) is 3.41. The summed E-state index contributed by atoms with van der Waals surface area (Å²) in [6, 6.07) is 7.28. The number of carbonyl (C=O) groups is 1. The van der Waals surface area contributed by atoms with Gasteiger partial charge in [0.05, 0.1) is 15.6 Å². The number of sulfone groups is 1. The highest BCUT2D eigenvalue weighted by Gasteiger charge is 2.55. The molecule has 0 saturated heterocycles. The molecule has 0 saturated carbocycles. The van der Waals surface area contributed by atoms with Gasteiger partial charge in [-0.05, 0) is 37.3 Å². The standard InChI is InChI=1S/C15H12ClF3N2O4S/c1-14(23,15(17,18)19)13(22)21-11-6-5-9(8-10(11)16)26(24,25)12-4-2-3-7-20-12/h2-8,23H,1H3,(H,21,22)/t14-/m1/s1. The normalized spacial score (nSPS) is 14.5. The first-order valence-corrected chi connectivity index (χ1v) is 8.79. The van der Waals surface area contributed by atoms with Gasteiger partial charge in [0.25, 0.3) is 5.91 Å². The summed E-state index contributed by atoms with van der Waals surface area (Å²) in [6.45, 7) is 0.288. The van der Waals surface area contributed by atoms with Crippen LogP contribution in [0, 0.1) is 0 Å². The smallest absolute Gasteiger partial charge is 0.373 e. The summed E-state index contributed by atoms with van der Waals surface area (Å²) in [5.74, 6) is -1.76. The van der Waals surface area contributed by atoms with E-state index in [0.29, 0.717) is 0 Å². The lowest BCUT2D eigenvalue weighted by molar-refractivity contribution is -0.242. The zero-order valence-electron chi connectivity index (χ0n) is 13.1. The number of nitrogens with zero attached hydrogens (tertiary/aromatic N) is 1. The van der Waals surface area contributed by atoms with Crippen molar-refractivity contribution < 1.29 is 31.5 Å². The number of benzene rings is 1. The van der Waals surface area contributed by atoms with Gasteiger partial charge in [0.1, 0.15) is 0 Å². The van der Waals surface area contributed by atoms with Gasteiger partial charge in [-0.15, -0.1) is 0 Å². The number of hydrogen-bond donors (Lipinski definition) is 2. The molecular weight excluding hydrogens is 397 g/mol. The number of aromatic nitrogens is 1. The van der Waals surface area contributed by atoms with Crippen LogP contribution in [0.5, 0.6) is 0 Å². The molecule has 2 rings (SSSR count). The molecule has 140 valence electrons. The van der Waals surface area contributed by atoms with Gasteiger partial charge in [0.15, 0.2) is 5.03 Å². The van der Waals surface area contributed by atoms with Crippen LogP contribution in [-0.2, 0) is 14.6 Å². The molecule has 1 amide bonds. The van der Waals surface area contributed by atoms with Crippen LogP contribution in [0.25, 0.3) is 0 Å². The average Bonchev–Trinajstić information content (AvgIpc) is 2.56. The Balaban J connectivity index is 2.33. The highest BCUT2D eigenvalue weighted by atomic mass is 35.5. The quantitative estimate of drug-likeness (QED) is 0.811. The van der Waals surface area contributed by atoms with E-state index in [4.69, 9.17) is 11.6 Å². The van der Waals surface area contributed by atoms with Gasteiger partial charge in [-0.1, -0.05) is 17.7 Å². The van der Waals surface area contributed by atoms with E-state index in [1.54, 1.807) is 0 Å². The number of aliphatic hydroxyl groups is 1. The van der Waals surface area contributed by atoms with Crippen molar-refractivity contribution in [1.82, 2.24) is 4.98 Å². The van der Waals surface area contributed by atoms with E-state index in [0.717, 1.165) is 18.2 Å². The fourth-order valence-corrected chi connectivity index (χ4v) is 3.28. The number of nitrogens with one attached hydrogen (secondary N) is 1. The van der Waals surface area contributed by atoms with Crippen molar-refractivity contribution in [3.8, 4) is 0 Å². The number of halogens is 4. The minimum absolute atomic E-state index is 0.243. The lowest BCUT2D eigenvalue weighted by atomic mass is 10.1. The Bertz CT molecular complexity index is 932. The van der Waals surface area contributed by atoms with Crippen molar-refractivity contribution in [2.45, 2.75) is 28.6 Å². The molecule has 0 fully saturated rings. The Hall–Kier alpha value is -2.17. The first-order valence-electron chi connectivity index (χ1n) is 6.93. The third kappa shape index (κ3) is 3.81. The van der Waals surface area contributed by atoms with E-state index < -0.39 is 27.5 Å². The topological polar surface area (TPSA) is 96.4 Å². The molecule has 0 bridgehead atoms. The van der Waals surface area contributed by atoms with Gasteiger partial charge in [0, 0.05) is 6.20 Å². The summed E-state index contributed by atoms with van der Waals surface area (Å²) < 4.78 is 62.8. The SMILES string of the molecule is C[C@@](O)(C(=O)Nc1ccc(S(=O)(=O)c2ccccn2)cc1Cl)C(F)(F)F. The molecule has 0 radical (unpaired) electrons. The molecule has 2 N–H and O–H groups in total. The van der Waals surface area contributed by atoms with Crippen LogP contribution in [0.4, 0.5) is 18.9 Å². The molecule has 2 aromatic rings. The summed E-state index contributed by atoms with van der Waals surface area (Å²) in [4.78, 5) is 15.1. The second-order valence-corrected chi connectivity index (χ2v) is 7.64. The van der Waals surface area contributed by atoms with Crippen LogP contribution >= 0.6 is 11.6 Å². The summed E-state index contributed by atoms with van der Waals surface area (Å²) in [6.07, 6.45) is -3.92. The van der Waals surface area contributed by atoms with Gasteiger partial charge in [-0.25, -0.2) is 13.4 Å². The van der Waals surface area contributed by atoms with Crippen LogP contribution in [0.2, 0.25) is 5.02 Å². The van der Waals surface area contributed by atoms with E-state index in [1.165, 1.54) is 24.4 Å². The molecule has 1 atom stereocenters. The third-order valence-corrected chi connectivity index (χ3v) is 5.39. The van der Waals surface area contributed by atoms with Crippen LogP contribution in [-0.4, -0.2) is 36.2 Å². The second-order valence-electron chi connectivity index (χ2n) is 5.34. The molecule has 1 aromatic carbocycles. The number of amides is 1. The fourth-order valence-electron chi connectivity index (χ4n) is 1.76. The van der Waals surface area contributed by atoms with Crippen LogP contribution in [0.3, 0.4) is 0 Å². The summed E-state index contributed by atoms with van der Waals surface area (Å²) in [5, 5.41) is 10.6. The van der Waals surface area contributed by atoms with E-state index >= 15 is 0 Å². The molecule has 0 aliphatic rings. The van der Waals surface area contributed by atoms with E-state index in [9.17, 15) is 31.5 Å². The predicted octanol–water partition coefficient (Wildman–Crippen LogP) is 2.82. The molecule has 6 nitrogen and oxygen atoms in total.